The van der Waals surface area contributed by atoms with Crippen molar-refractivity contribution in [3.8, 4) is 0 Å². The van der Waals surface area contributed by atoms with Crippen molar-refractivity contribution < 1.29 is 8.78 Å². The van der Waals surface area contributed by atoms with Gasteiger partial charge in [-0.05, 0) is 0 Å². The lowest BCUT2D eigenvalue weighted by Gasteiger charge is -1.81. The van der Waals surface area contributed by atoms with E-state index in [4.69, 9.17) is 0 Å². The van der Waals surface area contributed by atoms with Gasteiger partial charge in [0, 0.05) is 0 Å². The molecule has 0 fully saturated rings. The average molecular weight is 130 g/mol. The fourth-order valence-corrected chi connectivity index (χ4v) is 0.567. The van der Waals surface area contributed by atoms with Gasteiger partial charge in [0.15, 0.2) is 0 Å². The Labute approximate surface area is 43.1 Å². The summed E-state index contributed by atoms with van der Waals surface area (Å²) in [6.45, 7) is 0. The summed E-state index contributed by atoms with van der Waals surface area (Å²) in [5.74, 6) is 0. The van der Waals surface area contributed by atoms with Gasteiger partial charge in [-0.2, -0.15) is 0 Å². The Hall–Kier alpha value is 0.560. The summed E-state index contributed by atoms with van der Waals surface area (Å²) in [6, 6.07) is -1.01. The normalized spacial score (nSPS) is 9.00. The van der Waals surface area contributed by atoms with Gasteiger partial charge >= 0.3 is 0 Å². The van der Waals surface area contributed by atoms with Gasteiger partial charge < -0.3 is 0 Å². The van der Waals surface area contributed by atoms with Crippen LogP contribution in [0.4, 0.5) is 8.78 Å². The van der Waals surface area contributed by atoms with Crippen LogP contribution in [0.1, 0.15) is 0 Å². The molecule has 0 unspecified atom stereocenters. The molecule has 0 spiro atoms. The van der Waals surface area contributed by atoms with Crippen LogP contribution in [0.2, 0.25) is 0 Å². The Kier molecular flexibility index (Phi) is 6.08. The third kappa shape index (κ3) is 4.56. The maximum absolute atomic E-state index is 11.0. The average Bonchev–Trinajstić information content (AvgIpc) is 1.61. The second-order valence-electron chi connectivity index (χ2n) is 0.454. The number of hydrogen-bond acceptors (Lipinski definition) is 2. The Balaban J connectivity index is 2.34. The molecule has 0 rings (SSSR count). The Morgan fingerprint density at radius 2 is 1.33 bits per heavy atom. The fraction of sp³-hybridized carbons (Fsp3) is 1.00. The maximum Gasteiger partial charge on any atom is 0.145 e. The van der Waals surface area contributed by atoms with Gasteiger partial charge in [0.05, 0.1) is 0 Å². The summed E-state index contributed by atoms with van der Waals surface area (Å²) in [6.07, 6.45) is 0. The van der Waals surface area contributed by atoms with E-state index in [1.165, 1.54) is 0 Å². The van der Waals surface area contributed by atoms with E-state index >= 15 is 0 Å². The molecule has 0 atom stereocenters. The maximum atomic E-state index is 11.0. The second kappa shape index (κ2) is 5.56. The van der Waals surface area contributed by atoms with Crippen LogP contribution in [-0.2, 0) is 0 Å². The predicted octanol–water partition coefficient (Wildman–Crippen LogP) is 2.22. The number of hydrogen-bond donors (Lipinski definition) is 0. The molecule has 0 saturated heterocycles. The molecule has 0 aromatic carbocycles. The molecule has 0 aromatic heterocycles. The predicted molar refractivity (Wildman–Crippen MR) is 27.1 cm³/mol. The van der Waals surface area contributed by atoms with E-state index in [9.17, 15) is 8.78 Å². The standard InChI is InChI=1S/C2H4F2S2/c3-1-5-6-2-4/h1-2H2. The Bertz CT molecular complexity index is 21.5. The van der Waals surface area contributed by atoms with Crippen LogP contribution < -0.4 is 0 Å². The van der Waals surface area contributed by atoms with Crippen molar-refractivity contribution in [3.63, 3.8) is 0 Å². The van der Waals surface area contributed by atoms with Crippen LogP contribution in [0.5, 0.6) is 0 Å². The molecule has 0 bridgehead atoms. The van der Waals surface area contributed by atoms with Crippen molar-refractivity contribution >= 4 is 21.6 Å². The lowest BCUT2D eigenvalue weighted by molar-refractivity contribution is 0.603. The molecule has 0 aliphatic heterocycles. The van der Waals surface area contributed by atoms with E-state index < -0.39 is 12.0 Å². The van der Waals surface area contributed by atoms with E-state index in [1.54, 1.807) is 0 Å². The quantitative estimate of drug-likeness (QED) is 0.424. The lowest BCUT2D eigenvalue weighted by Crippen LogP contribution is -1.55. The first-order valence-electron chi connectivity index (χ1n) is 1.28. The minimum Gasteiger partial charge on any atom is -0.238 e. The van der Waals surface area contributed by atoms with Crippen LogP contribution in [-0.4, -0.2) is 12.0 Å². The number of rotatable bonds is 3. The molecule has 0 aliphatic rings. The monoisotopic (exact) mass is 130 g/mol. The SMILES string of the molecule is FCSSCF. The minimum atomic E-state index is -0.505. The third-order valence-corrected chi connectivity index (χ3v) is 1.55. The van der Waals surface area contributed by atoms with Crippen LogP contribution in [0.15, 0.2) is 0 Å². The number of alkyl halides is 2. The van der Waals surface area contributed by atoms with Gasteiger partial charge in [-0.15, -0.1) is 0 Å². The molecule has 0 heterocycles. The highest BCUT2D eigenvalue weighted by atomic mass is 33.1. The van der Waals surface area contributed by atoms with E-state index in [2.05, 4.69) is 0 Å². The molecule has 0 amide bonds. The first-order chi connectivity index (χ1) is 2.91. The smallest absolute Gasteiger partial charge is 0.145 e. The minimum absolute atomic E-state index is 0.505. The molecule has 0 saturated carbocycles. The van der Waals surface area contributed by atoms with Crippen LogP contribution in [0, 0.1) is 0 Å². The molecular formula is C2H4F2S2. The van der Waals surface area contributed by atoms with Gasteiger partial charge in [0.1, 0.15) is 12.0 Å². The summed E-state index contributed by atoms with van der Waals surface area (Å²) < 4.78 is 21.9. The Morgan fingerprint density at radius 1 is 1.00 bits per heavy atom. The van der Waals surface area contributed by atoms with Crippen molar-refractivity contribution in [1.82, 2.24) is 0 Å². The summed E-state index contributed by atoms with van der Waals surface area (Å²) in [4.78, 5) is 0. The van der Waals surface area contributed by atoms with Gasteiger partial charge in [-0.25, -0.2) is 8.78 Å². The van der Waals surface area contributed by atoms with Gasteiger partial charge in [-0.3, -0.25) is 0 Å². The highest BCUT2D eigenvalue weighted by Gasteiger charge is 1.80. The van der Waals surface area contributed by atoms with E-state index in [0.717, 1.165) is 21.6 Å². The van der Waals surface area contributed by atoms with Gasteiger partial charge in [-0.1, -0.05) is 21.6 Å². The highest BCUT2D eigenvalue weighted by molar-refractivity contribution is 8.76. The fourth-order valence-electron chi connectivity index (χ4n) is 0.0630. The summed E-state index contributed by atoms with van der Waals surface area (Å²) in [5.41, 5.74) is 0. The van der Waals surface area contributed by atoms with Gasteiger partial charge in [0.2, 0.25) is 0 Å². The molecule has 0 aromatic rings. The molecule has 0 nitrogen and oxygen atoms in total. The molecule has 6 heavy (non-hydrogen) atoms. The lowest BCUT2D eigenvalue weighted by atomic mass is 11.8. The van der Waals surface area contributed by atoms with E-state index in [0.29, 0.717) is 0 Å². The third-order valence-electron chi connectivity index (χ3n) is 0.172. The number of halogens is 2. The van der Waals surface area contributed by atoms with E-state index in [1.807, 2.05) is 0 Å². The first-order valence-corrected chi connectivity index (χ1v) is 3.77. The summed E-state index contributed by atoms with van der Waals surface area (Å²) >= 11 is 0. The van der Waals surface area contributed by atoms with Crippen LogP contribution in [0.3, 0.4) is 0 Å². The second-order valence-corrected chi connectivity index (χ2v) is 2.78. The van der Waals surface area contributed by atoms with Crippen LogP contribution in [0.25, 0.3) is 0 Å². The molecule has 4 heteroatoms. The Morgan fingerprint density at radius 3 is 1.50 bits per heavy atom. The molecule has 0 radical (unpaired) electrons. The molecule has 38 valence electrons. The van der Waals surface area contributed by atoms with E-state index in [-0.39, 0.29) is 0 Å². The van der Waals surface area contributed by atoms with Crippen molar-refractivity contribution in [3.05, 3.63) is 0 Å². The van der Waals surface area contributed by atoms with Crippen molar-refractivity contribution in [2.75, 3.05) is 12.0 Å². The zero-order valence-electron chi connectivity index (χ0n) is 2.99. The summed E-state index contributed by atoms with van der Waals surface area (Å²) in [5, 5.41) is 0. The van der Waals surface area contributed by atoms with Crippen molar-refractivity contribution in [2.45, 2.75) is 0 Å². The topological polar surface area (TPSA) is 0 Å². The molecular weight excluding hydrogens is 126 g/mol. The first kappa shape index (κ1) is 6.56. The van der Waals surface area contributed by atoms with Crippen molar-refractivity contribution in [2.24, 2.45) is 0 Å². The van der Waals surface area contributed by atoms with Gasteiger partial charge in [0.25, 0.3) is 0 Å². The van der Waals surface area contributed by atoms with Crippen molar-refractivity contribution in [1.29, 1.82) is 0 Å². The molecule has 0 aliphatic carbocycles. The molecule has 0 N–H and O–H groups in total. The summed E-state index contributed by atoms with van der Waals surface area (Å²) in [7, 11) is 1.77. The largest absolute Gasteiger partial charge is 0.238 e. The van der Waals surface area contributed by atoms with Crippen LogP contribution >= 0.6 is 21.6 Å². The zero-order chi connectivity index (χ0) is 4.83. The zero-order valence-corrected chi connectivity index (χ0v) is 4.62. The highest BCUT2D eigenvalue weighted by Crippen LogP contribution is 2.20.